The molecule has 0 aromatic heterocycles. The van der Waals surface area contributed by atoms with Gasteiger partial charge in [0, 0.05) is 0 Å². The van der Waals surface area contributed by atoms with Crippen molar-refractivity contribution >= 4 is 0 Å². The highest BCUT2D eigenvalue weighted by Gasteiger charge is 2.30. The summed E-state index contributed by atoms with van der Waals surface area (Å²) >= 11 is 0. The van der Waals surface area contributed by atoms with Gasteiger partial charge in [-0.1, -0.05) is 19.1 Å². The molecule has 0 amide bonds. The third kappa shape index (κ3) is 1.62. The predicted molar refractivity (Wildman–Crippen MR) is 43.8 cm³/mol. The molecule has 10 heavy (non-hydrogen) atoms. The van der Waals surface area contributed by atoms with Gasteiger partial charge in [-0.05, 0) is 43.4 Å². The van der Waals surface area contributed by atoms with Crippen LogP contribution in [0.4, 0.5) is 0 Å². The first-order valence-corrected chi connectivity index (χ1v) is 4.53. The van der Waals surface area contributed by atoms with Crippen LogP contribution in [0.3, 0.4) is 0 Å². The monoisotopic (exact) mass is 136 g/mol. The minimum atomic E-state index is 0.981. The Morgan fingerprint density at radius 2 is 2.10 bits per heavy atom. The lowest BCUT2D eigenvalue weighted by Gasteiger charge is -1.86. The molecule has 0 unspecified atom stereocenters. The second-order valence-corrected chi connectivity index (χ2v) is 3.97. The third-order valence-electron chi connectivity index (χ3n) is 2.75. The van der Waals surface area contributed by atoms with Crippen molar-refractivity contribution in [3.05, 3.63) is 12.2 Å². The second kappa shape index (κ2) is 2.41. The summed E-state index contributed by atoms with van der Waals surface area (Å²) in [7, 11) is 0. The van der Waals surface area contributed by atoms with Crippen LogP contribution >= 0.6 is 0 Å². The average molecular weight is 136 g/mol. The number of hydrogen-bond acceptors (Lipinski definition) is 0. The van der Waals surface area contributed by atoms with Crippen LogP contribution in [0.5, 0.6) is 0 Å². The van der Waals surface area contributed by atoms with E-state index >= 15 is 0 Å². The summed E-state index contributed by atoms with van der Waals surface area (Å²) in [4.78, 5) is 0. The zero-order valence-corrected chi connectivity index (χ0v) is 6.72. The Balaban J connectivity index is 1.62. The van der Waals surface area contributed by atoms with Gasteiger partial charge in [0.1, 0.15) is 0 Å². The highest BCUT2D eigenvalue weighted by atomic mass is 14.4. The lowest BCUT2D eigenvalue weighted by atomic mass is 10.2. The van der Waals surface area contributed by atoms with Crippen molar-refractivity contribution in [2.45, 2.75) is 32.6 Å². The molecule has 0 heteroatoms. The molecule has 2 atom stereocenters. The van der Waals surface area contributed by atoms with Crippen molar-refractivity contribution in [2.24, 2.45) is 17.8 Å². The normalized spacial score (nSPS) is 38.9. The Hall–Kier alpha value is -0.260. The van der Waals surface area contributed by atoms with E-state index in [0.29, 0.717) is 0 Å². The molecule has 2 aliphatic rings. The van der Waals surface area contributed by atoms with Crippen LogP contribution in [0.1, 0.15) is 32.6 Å². The molecule has 0 N–H and O–H groups in total. The quantitative estimate of drug-likeness (QED) is 0.523. The van der Waals surface area contributed by atoms with Crippen molar-refractivity contribution in [1.82, 2.24) is 0 Å². The zero-order chi connectivity index (χ0) is 6.97. The standard InChI is InChI=1S/C10H16/c1-8-7-10(8)4-2-3-9-5-6-9/h2-3,8-10H,4-7H2,1H3/b3-2+/t8-,10-/m0/s1. The Morgan fingerprint density at radius 3 is 2.60 bits per heavy atom. The molecule has 2 fully saturated rings. The first-order valence-electron chi connectivity index (χ1n) is 4.53. The van der Waals surface area contributed by atoms with Gasteiger partial charge in [-0.25, -0.2) is 0 Å². The topological polar surface area (TPSA) is 0 Å². The molecule has 0 nitrogen and oxygen atoms in total. The van der Waals surface area contributed by atoms with Crippen LogP contribution in [0.15, 0.2) is 12.2 Å². The smallest absolute Gasteiger partial charge is 0.0233 e. The van der Waals surface area contributed by atoms with Gasteiger partial charge in [-0.2, -0.15) is 0 Å². The first-order chi connectivity index (χ1) is 4.86. The van der Waals surface area contributed by atoms with Gasteiger partial charge >= 0.3 is 0 Å². The van der Waals surface area contributed by atoms with Gasteiger partial charge in [-0.15, -0.1) is 0 Å². The van der Waals surface area contributed by atoms with E-state index in [1.165, 1.54) is 25.7 Å². The Morgan fingerprint density at radius 1 is 1.40 bits per heavy atom. The van der Waals surface area contributed by atoms with E-state index in [9.17, 15) is 0 Å². The van der Waals surface area contributed by atoms with E-state index in [0.717, 1.165) is 17.8 Å². The number of rotatable bonds is 3. The minimum absolute atomic E-state index is 0.981. The fourth-order valence-corrected chi connectivity index (χ4v) is 1.46. The van der Waals surface area contributed by atoms with Crippen molar-refractivity contribution in [1.29, 1.82) is 0 Å². The number of allylic oxidation sites excluding steroid dienone is 2. The second-order valence-electron chi connectivity index (χ2n) is 3.97. The molecular weight excluding hydrogens is 120 g/mol. The van der Waals surface area contributed by atoms with E-state index in [1.807, 2.05) is 0 Å². The summed E-state index contributed by atoms with van der Waals surface area (Å²) in [6.45, 7) is 2.36. The average Bonchev–Trinajstić information content (AvgIpc) is 2.73. The predicted octanol–water partition coefficient (Wildman–Crippen LogP) is 3.00. The summed E-state index contributed by atoms with van der Waals surface area (Å²) in [5.74, 6) is 3.06. The van der Waals surface area contributed by atoms with Gasteiger partial charge in [0.05, 0.1) is 0 Å². The first kappa shape index (κ1) is 6.45. The maximum atomic E-state index is 2.42. The summed E-state index contributed by atoms with van der Waals surface area (Å²) in [5, 5.41) is 0. The van der Waals surface area contributed by atoms with Gasteiger partial charge in [0.15, 0.2) is 0 Å². The maximum Gasteiger partial charge on any atom is -0.0233 e. The van der Waals surface area contributed by atoms with E-state index in [2.05, 4.69) is 19.1 Å². The van der Waals surface area contributed by atoms with Crippen molar-refractivity contribution < 1.29 is 0 Å². The van der Waals surface area contributed by atoms with Crippen LogP contribution in [0, 0.1) is 17.8 Å². The molecule has 0 radical (unpaired) electrons. The fraction of sp³-hybridized carbons (Fsp3) is 0.800. The van der Waals surface area contributed by atoms with E-state index in [4.69, 9.17) is 0 Å². The highest BCUT2D eigenvalue weighted by Crippen LogP contribution is 2.41. The Labute approximate surface area is 63.3 Å². The Bertz CT molecular complexity index is 142. The van der Waals surface area contributed by atoms with Gasteiger partial charge in [-0.3, -0.25) is 0 Å². The molecule has 2 rings (SSSR count). The van der Waals surface area contributed by atoms with Gasteiger partial charge in [0.2, 0.25) is 0 Å². The molecule has 0 bridgehead atoms. The summed E-state index contributed by atoms with van der Waals surface area (Å²) in [5.41, 5.74) is 0. The SMILES string of the molecule is C[C@H]1C[C@@H]1C/C=C/C1CC1. The molecule has 56 valence electrons. The minimum Gasteiger partial charge on any atom is -0.0880 e. The van der Waals surface area contributed by atoms with Crippen LogP contribution in [-0.2, 0) is 0 Å². The summed E-state index contributed by atoms with van der Waals surface area (Å²) < 4.78 is 0. The van der Waals surface area contributed by atoms with E-state index < -0.39 is 0 Å². The fourth-order valence-electron chi connectivity index (χ4n) is 1.46. The molecular formula is C10H16. The number of hydrogen-bond donors (Lipinski definition) is 0. The van der Waals surface area contributed by atoms with Crippen LogP contribution < -0.4 is 0 Å². The maximum absolute atomic E-state index is 2.42. The molecule has 2 aliphatic carbocycles. The zero-order valence-electron chi connectivity index (χ0n) is 6.72. The van der Waals surface area contributed by atoms with Crippen molar-refractivity contribution in [2.75, 3.05) is 0 Å². The van der Waals surface area contributed by atoms with Crippen molar-refractivity contribution in [3.8, 4) is 0 Å². The van der Waals surface area contributed by atoms with Gasteiger partial charge in [0.25, 0.3) is 0 Å². The van der Waals surface area contributed by atoms with Crippen molar-refractivity contribution in [3.63, 3.8) is 0 Å². The lowest BCUT2D eigenvalue weighted by molar-refractivity contribution is 0.763. The van der Waals surface area contributed by atoms with Crippen LogP contribution in [0.25, 0.3) is 0 Å². The summed E-state index contributed by atoms with van der Waals surface area (Å²) in [6.07, 6.45) is 10.6. The van der Waals surface area contributed by atoms with E-state index in [-0.39, 0.29) is 0 Å². The molecule has 0 saturated heterocycles. The van der Waals surface area contributed by atoms with Crippen LogP contribution in [0.2, 0.25) is 0 Å². The molecule has 0 heterocycles. The molecule has 0 aromatic rings. The summed E-state index contributed by atoms with van der Waals surface area (Å²) in [6, 6.07) is 0. The molecule has 0 aromatic carbocycles. The highest BCUT2D eigenvalue weighted by molar-refractivity contribution is 4.99. The lowest BCUT2D eigenvalue weighted by Crippen LogP contribution is -1.73. The molecule has 0 spiro atoms. The van der Waals surface area contributed by atoms with E-state index in [1.54, 1.807) is 0 Å². The Kier molecular flexibility index (Phi) is 1.55. The van der Waals surface area contributed by atoms with Crippen LogP contribution in [-0.4, -0.2) is 0 Å². The largest absolute Gasteiger partial charge is 0.0880 e. The van der Waals surface area contributed by atoms with Gasteiger partial charge < -0.3 is 0 Å². The third-order valence-corrected chi connectivity index (χ3v) is 2.75. The molecule has 0 aliphatic heterocycles. The molecule has 2 saturated carbocycles.